The van der Waals surface area contributed by atoms with E-state index in [9.17, 15) is 10.1 Å². The molecule has 0 saturated heterocycles. The summed E-state index contributed by atoms with van der Waals surface area (Å²) in [5.41, 5.74) is 9.58. The number of likely N-dealkylation sites (N-methyl/N-ethyl adjacent to an activating group) is 1. The molecule has 1 amide bonds. The maximum absolute atomic E-state index is 13.4. The van der Waals surface area contributed by atoms with E-state index >= 15 is 0 Å². The molecule has 146 valence electrons. The van der Waals surface area contributed by atoms with Crippen LogP contribution in [0.4, 0.5) is 0 Å². The molecule has 3 rings (SSSR count). The van der Waals surface area contributed by atoms with Crippen LogP contribution in [0.25, 0.3) is 0 Å². The molecule has 2 aliphatic rings. The van der Waals surface area contributed by atoms with Gasteiger partial charge in [0, 0.05) is 17.6 Å². The molecule has 0 unspecified atom stereocenters. The first-order valence-corrected chi connectivity index (χ1v) is 10.7. The highest BCUT2D eigenvalue weighted by Crippen LogP contribution is 2.46. The summed E-state index contributed by atoms with van der Waals surface area (Å²) in [4.78, 5) is 22.0. The number of aryl methyl sites for hydroxylation is 1. The lowest BCUT2D eigenvalue weighted by Crippen LogP contribution is -2.42. The zero-order valence-electron chi connectivity index (χ0n) is 16.3. The number of hydrogen-bond acceptors (Lipinski definition) is 6. The van der Waals surface area contributed by atoms with Gasteiger partial charge in [-0.25, -0.2) is 4.99 Å². The van der Waals surface area contributed by atoms with Gasteiger partial charge in [0.1, 0.15) is 16.8 Å². The van der Waals surface area contributed by atoms with Crippen LogP contribution in [0.1, 0.15) is 37.9 Å². The van der Waals surface area contributed by atoms with Crippen molar-refractivity contribution in [1.82, 2.24) is 9.80 Å². The van der Waals surface area contributed by atoms with Crippen molar-refractivity contribution in [3.05, 3.63) is 55.8 Å². The Morgan fingerprint density at radius 2 is 2.07 bits per heavy atom. The van der Waals surface area contributed by atoms with Crippen LogP contribution in [-0.2, 0) is 4.79 Å². The van der Waals surface area contributed by atoms with Gasteiger partial charge in [0.05, 0.1) is 17.3 Å². The molecule has 0 spiro atoms. The van der Waals surface area contributed by atoms with Gasteiger partial charge in [-0.1, -0.05) is 28.1 Å². The fourth-order valence-electron chi connectivity index (χ4n) is 3.39. The molecule has 6 nitrogen and oxygen atoms in total. The number of rotatable bonds is 4. The quantitative estimate of drug-likeness (QED) is 0.734. The highest BCUT2D eigenvalue weighted by molar-refractivity contribution is 9.10. The number of carbonyl (C=O) groups is 1. The van der Waals surface area contributed by atoms with Crippen molar-refractivity contribution in [2.45, 2.75) is 33.7 Å². The molecule has 1 aromatic carbocycles. The maximum atomic E-state index is 13.4. The number of nitriles is 1. The Balaban J connectivity index is 2.22. The van der Waals surface area contributed by atoms with Gasteiger partial charge in [0.25, 0.3) is 5.91 Å². The van der Waals surface area contributed by atoms with Gasteiger partial charge >= 0.3 is 0 Å². The number of allylic oxidation sites excluding steroid dienone is 2. The number of hydrogen-bond donors (Lipinski definition) is 1. The fraction of sp³-hybridized carbons (Fsp3) is 0.350. The highest BCUT2D eigenvalue weighted by atomic mass is 79.9. The summed E-state index contributed by atoms with van der Waals surface area (Å²) in [6, 6.07) is 7.72. The monoisotopic (exact) mass is 459 g/mol. The number of amides is 1. The molecule has 0 fully saturated rings. The zero-order valence-corrected chi connectivity index (χ0v) is 18.7. The number of carbonyl (C=O) groups excluding carboxylic acids is 1. The predicted octanol–water partition coefficient (Wildman–Crippen LogP) is 4.01. The summed E-state index contributed by atoms with van der Waals surface area (Å²) in [5, 5.41) is 10.1. The average Bonchev–Trinajstić information content (AvgIpc) is 2.99. The third-order valence-corrected chi connectivity index (χ3v) is 6.80. The highest BCUT2D eigenvalue weighted by Gasteiger charge is 2.42. The van der Waals surface area contributed by atoms with E-state index in [0.29, 0.717) is 40.3 Å². The van der Waals surface area contributed by atoms with Gasteiger partial charge in [-0.05, 0) is 56.7 Å². The van der Waals surface area contributed by atoms with E-state index < -0.39 is 6.04 Å². The number of nitrogens with zero attached hydrogens (tertiary/aromatic N) is 4. The summed E-state index contributed by atoms with van der Waals surface area (Å²) < 4.78 is 0.955. The first-order chi connectivity index (χ1) is 13.3. The number of benzene rings is 1. The minimum absolute atomic E-state index is 0.0600. The minimum Gasteiger partial charge on any atom is -0.383 e. The van der Waals surface area contributed by atoms with E-state index in [1.54, 1.807) is 4.90 Å². The van der Waals surface area contributed by atoms with Crippen molar-refractivity contribution < 1.29 is 4.79 Å². The Bertz CT molecular complexity index is 971. The molecule has 1 atom stereocenters. The Morgan fingerprint density at radius 1 is 1.39 bits per heavy atom. The SMILES string of the molecule is CCN(CC)C(=O)C1=C(C)N=C2SC(C#N)=C(N)N2[C@H]1c1ccc(C)c(Br)c1. The molecule has 2 N–H and O–H groups in total. The number of halogens is 1. The number of nitrogens with two attached hydrogens (primary N) is 1. The molecule has 0 saturated carbocycles. The lowest BCUT2D eigenvalue weighted by Gasteiger charge is -2.37. The van der Waals surface area contributed by atoms with Gasteiger partial charge in [-0.15, -0.1) is 0 Å². The number of aliphatic imine (C=N–C) groups is 1. The van der Waals surface area contributed by atoms with Crippen molar-refractivity contribution in [3.8, 4) is 6.07 Å². The van der Waals surface area contributed by atoms with Gasteiger partial charge < -0.3 is 10.6 Å². The molecule has 0 bridgehead atoms. The lowest BCUT2D eigenvalue weighted by atomic mass is 9.93. The molecule has 28 heavy (non-hydrogen) atoms. The Morgan fingerprint density at radius 3 is 2.64 bits per heavy atom. The first-order valence-electron chi connectivity index (χ1n) is 9.05. The third-order valence-electron chi connectivity index (χ3n) is 4.97. The Labute approximate surface area is 177 Å². The maximum Gasteiger partial charge on any atom is 0.254 e. The van der Waals surface area contributed by atoms with E-state index in [1.165, 1.54) is 11.8 Å². The van der Waals surface area contributed by atoms with Gasteiger partial charge in [0.15, 0.2) is 5.17 Å². The Kier molecular flexibility index (Phi) is 5.87. The van der Waals surface area contributed by atoms with Crippen LogP contribution in [0, 0.1) is 18.3 Å². The first kappa shape index (κ1) is 20.5. The largest absolute Gasteiger partial charge is 0.383 e. The van der Waals surface area contributed by atoms with Crippen molar-refractivity contribution in [2.75, 3.05) is 13.1 Å². The molecule has 0 radical (unpaired) electrons. The third kappa shape index (κ3) is 3.33. The van der Waals surface area contributed by atoms with E-state index in [2.05, 4.69) is 27.0 Å². The number of thioether (sulfide) groups is 1. The van der Waals surface area contributed by atoms with Crippen LogP contribution in [-0.4, -0.2) is 34.0 Å². The van der Waals surface area contributed by atoms with Crippen molar-refractivity contribution in [3.63, 3.8) is 0 Å². The summed E-state index contributed by atoms with van der Waals surface area (Å²) in [7, 11) is 0. The average molecular weight is 460 g/mol. The van der Waals surface area contributed by atoms with E-state index in [-0.39, 0.29) is 5.91 Å². The Hall–Kier alpha value is -2.24. The smallest absolute Gasteiger partial charge is 0.254 e. The molecule has 8 heteroatoms. The lowest BCUT2D eigenvalue weighted by molar-refractivity contribution is -0.127. The molecule has 0 aromatic heterocycles. The van der Waals surface area contributed by atoms with E-state index in [4.69, 9.17) is 5.73 Å². The standard InChI is InChI=1S/C20H22BrN5OS/c1-5-25(6-2)19(27)16-12(4)24-20-26(18(23)15(10-22)28-20)17(16)13-8-7-11(3)14(21)9-13/h7-9,17H,5-6,23H2,1-4H3/t17-/m0/s1. The molecule has 2 heterocycles. The van der Waals surface area contributed by atoms with Crippen LogP contribution in [0.5, 0.6) is 0 Å². The normalized spacial score (nSPS) is 18.8. The molecular formula is C20H22BrN5OS. The summed E-state index contributed by atoms with van der Waals surface area (Å²) in [6.07, 6.45) is 0. The van der Waals surface area contributed by atoms with Crippen LogP contribution in [0.3, 0.4) is 0 Å². The second-order valence-electron chi connectivity index (χ2n) is 6.58. The second-order valence-corrected chi connectivity index (χ2v) is 8.41. The van der Waals surface area contributed by atoms with Crippen LogP contribution >= 0.6 is 27.7 Å². The summed E-state index contributed by atoms with van der Waals surface area (Å²) >= 11 is 4.84. The van der Waals surface area contributed by atoms with E-state index in [0.717, 1.165) is 15.6 Å². The van der Waals surface area contributed by atoms with Crippen molar-refractivity contribution in [1.29, 1.82) is 5.26 Å². The van der Waals surface area contributed by atoms with Gasteiger partial charge in [0.2, 0.25) is 0 Å². The second kappa shape index (κ2) is 8.02. The van der Waals surface area contributed by atoms with Crippen molar-refractivity contribution >= 4 is 38.8 Å². The fourth-order valence-corrected chi connectivity index (χ4v) is 4.70. The van der Waals surface area contributed by atoms with Crippen LogP contribution in [0.15, 0.2) is 49.7 Å². The minimum atomic E-state index is -0.434. The summed E-state index contributed by atoms with van der Waals surface area (Å²) in [6.45, 7) is 8.99. The molecular weight excluding hydrogens is 438 g/mol. The van der Waals surface area contributed by atoms with Crippen molar-refractivity contribution in [2.24, 2.45) is 10.7 Å². The van der Waals surface area contributed by atoms with E-state index in [1.807, 2.05) is 50.8 Å². The van der Waals surface area contributed by atoms with Gasteiger partial charge in [-0.2, -0.15) is 5.26 Å². The molecule has 0 aliphatic carbocycles. The predicted molar refractivity (Wildman–Crippen MR) is 116 cm³/mol. The van der Waals surface area contributed by atoms with Crippen LogP contribution < -0.4 is 5.73 Å². The van der Waals surface area contributed by atoms with Gasteiger partial charge in [-0.3, -0.25) is 9.69 Å². The number of amidine groups is 1. The summed E-state index contributed by atoms with van der Waals surface area (Å²) in [5.74, 6) is 0.278. The zero-order chi connectivity index (χ0) is 20.6. The van der Waals surface area contributed by atoms with Crippen LogP contribution in [0.2, 0.25) is 0 Å². The molecule has 2 aliphatic heterocycles. The molecule has 1 aromatic rings. The topological polar surface area (TPSA) is 85.7 Å². The number of fused-ring (bicyclic) bond motifs is 1.